The van der Waals surface area contributed by atoms with E-state index < -0.39 is 44.5 Å². The van der Waals surface area contributed by atoms with Crippen LogP contribution in [0.4, 0.5) is 0 Å². The first-order valence-electron chi connectivity index (χ1n) is 3.95. The minimum atomic E-state index is -5.56. The third-order valence-electron chi connectivity index (χ3n) is 1.73. The van der Waals surface area contributed by atoms with Gasteiger partial charge in [-0.2, -0.15) is 0 Å². The summed E-state index contributed by atoms with van der Waals surface area (Å²) in [6.07, 6.45) is -6.22. The van der Waals surface area contributed by atoms with Crippen molar-refractivity contribution in [2.24, 2.45) is 0 Å². The molecule has 0 spiro atoms. The zero-order chi connectivity index (χ0) is 12.5. The Morgan fingerprint density at radius 2 is 1.89 bits per heavy atom. The summed E-state index contributed by atoms with van der Waals surface area (Å²) in [7, 11) is -5.56. The van der Waals surface area contributed by atoms with E-state index in [1.54, 1.807) is 0 Å². The average Bonchev–Trinajstić information content (AvgIpc) is 2.42. The Kier molecular flexibility index (Phi) is 9.26. The fourth-order valence-corrected chi connectivity index (χ4v) is 1.53. The third kappa shape index (κ3) is 5.28. The van der Waals surface area contributed by atoms with Gasteiger partial charge in [0.1, 0.15) is 6.10 Å². The van der Waals surface area contributed by atoms with Crippen molar-refractivity contribution in [1.82, 2.24) is 0 Å². The molecule has 1 rings (SSSR count). The van der Waals surface area contributed by atoms with Gasteiger partial charge in [-0.3, -0.25) is 4.79 Å². The van der Waals surface area contributed by atoms with Crippen molar-refractivity contribution < 1.29 is 62.9 Å². The Labute approximate surface area is 130 Å². The number of phosphoric ester groups is 1. The predicted molar refractivity (Wildman–Crippen MR) is 41.8 cm³/mol. The van der Waals surface area contributed by atoms with Crippen LogP contribution in [0.2, 0.25) is 0 Å². The van der Waals surface area contributed by atoms with Crippen LogP contribution in [0.3, 0.4) is 0 Å². The molecule has 3 atom stereocenters. The van der Waals surface area contributed by atoms with Gasteiger partial charge in [-0.05, 0) is 0 Å². The number of cyclic esters (lactones) is 1. The van der Waals surface area contributed by atoms with E-state index in [2.05, 4.69) is 9.26 Å². The molecule has 1 fully saturated rings. The summed E-state index contributed by atoms with van der Waals surface area (Å²) in [5.74, 6) is -2.79. The van der Waals surface area contributed by atoms with Gasteiger partial charge < -0.3 is 33.8 Å². The van der Waals surface area contributed by atoms with E-state index in [0.717, 1.165) is 0 Å². The van der Waals surface area contributed by atoms with Crippen LogP contribution in [0, 0.1) is 0 Å². The summed E-state index contributed by atoms with van der Waals surface area (Å²) in [5, 5.41) is 21.1. The largest absolute Gasteiger partial charge is 2.00 e. The van der Waals surface area contributed by atoms with Crippen LogP contribution in [0.5, 0.6) is 0 Å². The zero-order valence-electron chi connectivity index (χ0n) is 8.97. The predicted octanol–water partition coefficient (Wildman–Crippen LogP) is -5.60. The van der Waals surface area contributed by atoms with Gasteiger partial charge in [0.25, 0.3) is 0 Å². The number of esters is 1. The number of carbonyl (C=O) groups is 2. The van der Waals surface area contributed by atoms with Crippen molar-refractivity contribution in [3.05, 3.63) is 0 Å². The minimum absolute atomic E-state index is 0. The summed E-state index contributed by atoms with van der Waals surface area (Å²) < 4.78 is 18.0. The van der Waals surface area contributed by atoms with Gasteiger partial charge in [0, 0.05) is 0 Å². The van der Waals surface area contributed by atoms with Crippen molar-refractivity contribution in [3.63, 3.8) is 0 Å². The molecule has 0 aromatic carbocycles. The molecule has 92 valence electrons. The molecule has 0 aromatic heterocycles. The monoisotopic (exact) mass is 340 g/mol. The molecule has 0 N–H and O–H groups in total. The maximum Gasteiger partial charge on any atom is 2.00 e. The van der Waals surface area contributed by atoms with E-state index >= 15 is 0 Å². The molecular weight excluding hydrogens is 337 g/mol. The molecule has 12 heteroatoms. The van der Waals surface area contributed by atoms with Gasteiger partial charge in [-0.1, -0.05) is 6.10 Å². The Bertz CT molecular complexity index is 357. The van der Waals surface area contributed by atoms with Crippen LogP contribution in [0.1, 0.15) is 0 Å². The number of carbonyl (C=O) groups excluding carboxylic acids is 2. The second kappa shape index (κ2) is 7.98. The minimum Gasteiger partial charge on any atom is -0.855 e. The molecule has 0 saturated carbocycles. The van der Waals surface area contributed by atoms with Gasteiger partial charge in [0.2, 0.25) is 11.9 Å². The number of ketones is 1. The maximum atomic E-state index is 11.2. The van der Waals surface area contributed by atoms with E-state index in [1.807, 2.05) is 0 Å². The first kappa shape index (κ1) is 20.9. The zero-order valence-corrected chi connectivity index (χ0v) is 14.3. The molecule has 0 radical (unpaired) electrons. The van der Waals surface area contributed by atoms with E-state index in [4.69, 9.17) is 0 Å². The summed E-state index contributed by atoms with van der Waals surface area (Å²) in [6, 6.07) is 0. The average molecular weight is 342 g/mol. The molecule has 9 nitrogen and oxygen atoms in total. The standard InChI is InChI=1S/C6H7O9P.Mg.Zn/c7-1-2(8)4-3(9)5(6(10)14-4)15-16(11,12)13;;/h2,4-5H,1H2,(H2,11,12,13);;/q-2;2*+2/p-2/t2-,4-,5?;;/m1../s1. The van der Waals surface area contributed by atoms with Crippen LogP contribution in [-0.4, -0.2) is 59.7 Å². The second-order valence-electron chi connectivity index (χ2n) is 2.90. The SMILES string of the molecule is O=C1O[C@H]([C@H]([O-])C[O-])C(=O)C1OP(=O)([O-])[O-].[Mg+2].[Zn+2]. The number of phosphoric acid groups is 1. The number of rotatable bonds is 4. The van der Waals surface area contributed by atoms with E-state index in [0.29, 0.717) is 0 Å². The fraction of sp³-hybridized carbons (Fsp3) is 0.667. The third-order valence-corrected chi connectivity index (χ3v) is 2.20. The summed E-state index contributed by atoms with van der Waals surface area (Å²) in [5.41, 5.74) is 0. The van der Waals surface area contributed by atoms with Crippen molar-refractivity contribution >= 4 is 42.6 Å². The van der Waals surface area contributed by atoms with Crippen LogP contribution in [-0.2, 0) is 42.9 Å². The fourth-order valence-electron chi connectivity index (χ4n) is 1.08. The quantitative estimate of drug-likeness (QED) is 0.210. The smallest absolute Gasteiger partial charge is 0.855 e. The van der Waals surface area contributed by atoms with E-state index in [9.17, 15) is 34.2 Å². The summed E-state index contributed by atoms with van der Waals surface area (Å²) in [6.45, 7) is -1.23. The van der Waals surface area contributed by atoms with Gasteiger partial charge in [-0.25, -0.2) is 4.79 Å². The molecule has 0 aromatic rings. The Morgan fingerprint density at radius 1 is 1.39 bits per heavy atom. The molecule has 1 aliphatic heterocycles. The molecular formula is C6H5MgO9PZn. The van der Waals surface area contributed by atoms with Crippen molar-refractivity contribution in [1.29, 1.82) is 0 Å². The van der Waals surface area contributed by atoms with Gasteiger partial charge >= 0.3 is 48.5 Å². The number of hydrogen-bond acceptors (Lipinski definition) is 9. The van der Waals surface area contributed by atoms with Crippen molar-refractivity contribution in [2.75, 3.05) is 6.61 Å². The Morgan fingerprint density at radius 3 is 2.28 bits per heavy atom. The molecule has 0 bridgehead atoms. The van der Waals surface area contributed by atoms with Crippen LogP contribution >= 0.6 is 7.82 Å². The van der Waals surface area contributed by atoms with Gasteiger partial charge in [-0.15, -0.1) is 6.61 Å². The van der Waals surface area contributed by atoms with Crippen molar-refractivity contribution in [3.8, 4) is 0 Å². The van der Waals surface area contributed by atoms with Crippen LogP contribution < -0.4 is 20.0 Å². The molecule has 1 aliphatic rings. The molecule has 0 aliphatic carbocycles. The van der Waals surface area contributed by atoms with Gasteiger partial charge in [0.15, 0.2) is 0 Å². The topological polar surface area (TPSA) is 162 Å². The first-order valence-corrected chi connectivity index (χ1v) is 5.41. The molecule has 1 heterocycles. The van der Waals surface area contributed by atoms with Gasteiger partial charge in [0.05, 0.1) is 7.82 Å². The molecule has 0 amide bonds. The van der Waals surface area contributed by atoms with E-state index in [-0.39, 0.29) is 42.5 Å². The normalized spacial score (nSPS) is 24.9. The molecule has 1 unspecified atom stereocenters. The maximum absolute atomic E-state index is 11.2. The summed E-state index contributed by atoms with van der Waals surface area (Å²) >= 11 is 0. The number of hydrogen-bond donors (Lipinski definition) is 0. The first-order chi connectivity index (χ1) is 7.26. The second-order valence-corrected chi connectivity index (χ2v) is 4.00. The van der Waals surface area contributed by atoms with Crippen LogP contribution in [0.25, 0.3) is 0 Å². The Balaban J connectivity index is 0. The molecule has 1 saturated heterocycles. The Hall–Kier alpha value is 0.560. The van der Waals surface area contributed by atoms with Crippen LogP contribution in [0.15, 0.2) is 0 Å². The van der Waals surface area contributed by atoms with E-state index in [1.165, 1.54) is 0 Å². The summed E-state index contributed by atoms with van der Waals surface area (Å²) in [4.78, 5) is 42.4. The molecule has 18 heavy (non-hydrogen) atoms. The number of ether oxygens (including phenoxy) is 1. The van der Waals surface area contributed by atoms with Crippen molar-refractivity contribution in [2.45, 2.75) is 18.3 Å². The number of Topliss-reactive ketones (excluding diaryl/α,β-unsaturated/α-hetero) is 1.